The van der Waals surface area contributed by atoms with Gasteiger partial charge in [0.15, 0.2) is 0 Å². The highest BCUT2D eigenvalue weighted by Gasteiger charge is 2.06. The number of rotatable bonds is 6. The average Bonchev–Trinajstić information content (AvgIpc) is 2.24. The van der Waals surface area contributed by atoms with Gasteiger partial charge in [-0.2, -0.15) is 0 Å². The predicted octanol–water partition coefficient (Wildman–Crippen LogP) is 2.71. The average molecular weight is 300 g/mol. The van der Waals surface area contributed by atoms with E-state index in [1.165, 1.54) is 0 Å². The molecule has 0 unspecified atom stereocenters. The SMILES string of the molecule is CC(C)(C)NCCCNCc1ccc(Br)cn1. The van der Waals surface area contributed by atoms with E-state index in [1.54, 1.807) is 0 Å². The molecule has 1 heterocycles. The summed E-state index contributed by atoms with van der Waals surface area (Å²) in [6, 6.07) is 4.05. The predicted molar refractivity (Wildman–Crippen MR) is 76.0 cm³/mol. The number of pyridine rings is 1. The van der Waals surface area contributed by atoms with Crippen LogP contribution in [0, 0.1) is 0 Å². The van der Waals surface area contributed by atoms with E-state index in [-0.39, 0.29) is 5.54 Å². The number of halogens is 1. The van der Waals surface area contributed by atoms with E-state index in [2.05, 4.69) is 52.3 Å². The van der Waals surface area contributed by atoms with E-state index in [0.717, 1.165) is 36.2 Å². The molecular weight excluding hydrogens is 278 g/mol. The van der Waals surface area contributed by atoms with Gasteiger partial charge >= 0.3 is 0 Å². The minimum atomic E-state index is 0.216. The van der Waals surface area contributed by atoms with Crippen LogP contribution in [0.4, 0.5) is 0 Å². The van der Waals surface area contributed by atoms with Crippen LogP contribution in [0.3, 0.4) is 0 Å². The second kappa shape index (κ2) is 7.09. The molecule has 1 rings (SSSR count). The Hall–Kier alpha value is -0.450. The summed E-state index contributed by atoms with van der Waals surface area (Å²) in [5.74, 6) is 0. The van der Waals surface area contributed by atoms with Crippen molar-refractivity contribution in [3.63, 3.8) is 0 Å². The molecule has 0 aliphatic heterocycles. The lowest BCUT2D eigenvalue weighted by molar-refractivity contribution is 0.418. The Labute approximate surface area is 113 Å². The number of hydrogen-bond acceptors (Lipinski definition) is 3. The molecule has 3 nitrogen and oxygen atoms in total. The van der Waals surface area contributed by atoms with E-state index < -0.39 is 0 Å². The first-order valence-electron chi connectivity index (χ1n) is 6.03. The summed E-state index contributed by atoms with van der Waals surface area (Å²) in [7, 11) is 0. The molecule has 0 amide bonds. The van der Waals surface area contributed by atoms with Gasteiger partial charge in [0.05, 0.1) is 5.69 Å². The Morgan fingerprint density at radius 3 is 2.59 bits per heavy atom. The molecule has 0 aliphatic rings. The zero-order chi connectivity index (χ0) is 12.7. The summed E-state index contributed by atoms with van der Waals surface area (Å²) in [6.07, 6.45) is 2.96. The lowest BCUT2D eigenvalue weighted by Crippen LogP contribution is -2.37. The van der Waals surface area contributed by atoms with Crippen molar-refractivity contribution in [2.24, 2.45) is 0 Å². The zero-order valence-corrected chi connectivity index (χ0v) is 12.5. The van der Waals surface area contributed by atoms with Crippen LogP contribution in [0.15, 0.2) is 22.8 Å². The van der Waals surface area contributed by atoms with Gasteiger partial charge in [-0.3, -0.25) is 4.98 Å². The minimum absolute atomic E-state index is 0.216. The molecule has 0 radical (unpaired) electrons. The van der Waals surface area contributed by atoms with Crippen molar-refractivity contribution < 1.29 is 0 Å². The van der Waals surface area contributed by atoms with Crippen LogP contribution in [-0.4, -0.2) is 23.6 Å². The summed E-state index contributed by atoms with van der Waals surface area (Å²) < 4.78 is 1.02. The molecule has 2 N–H and O–H groups in total. The monoisotopic (exact) mass is 299 g/mol. The van der Waals surface area contributed by atoms with Gasteiger partial charge in [-0.15, -0.1) is 0 Å². The fraction of sp³-hybridized carbons (Fsp3) is 0.615. The van der Waals surface area contributed by atoms with Crippen molar-refractivity contribution in [1.82, 2.24) is 15.6 Å². The molecule has 0 atom stereocenters. The summed E-state index contributed by atoms with van der Waals surface area (Å²) in [6.45, 7) is 9.46. The van der Waals surface area contributed by atoms with Crippen LogP contribution in [0.5, 0.6) is 0 Å². The first-order valence-corrected chi connectivity index (χ1v) is 6.83. The van der Waals surface area contributed by atoms with Crippen LogP contribution in [0.1, 0.15) is 32.9 Å². The van der Waals surface area contributed by atoms with Crippen molar-refractivity contribution in [3.8, 4) is 0 Å². The standard InChI is InChI=1S/C13H22BrN3/c1-13(2,3)17-8-4-7-15-10-12-6-5-11(14)9-16-12/h5-6,9,15,17H,4,7-8,10H2,1-3H3. The molecule has 0 spiro atoms. The molecule has 17 heavy (non-hydrogen) atoms. The minimum Gasteiger partial charge on any atom is -0.312 e. The van der Waals surface area contributed by atoms with E-state index in [9.17, 15) is 0 Å². The molecule has 1 aromatic rings. The number of hydrogen-bond donors (Lipinski definition) is 2. The molecule has 96 valence electrons. The third kappa shape index (κ3) is 7.47. The summed E-state index contributed by atoms with van der Waals surface area (Å²) >= 11 is 3.38. The normalized spacial score (nSPS) is 11.8. The van der Waals surface area contributed by atoms with Gasteiger partial charge in [0.1, 0.15) is 0 Å². The van der Waals surface area contributed by atoms with Crippen molar-refractivity contribution in [2.75, 3.05) is 13.1 Å². The Morgan fingerprint density at radius 1 is 1.24 bits per heavy atom. The first kappa shape index (κ1) is 14.6. The van der Waals surface area contributed by atoms with Crippen molar-refractivity contribution >= 4 is 15.9 Å². The lowest BCUT2D eigenvalue weighted by Gasteiger charge is -2.20. The quantitative estimate of drug-likeness (QED) is 0.793. The van der Waals surface area contributed by atoms with Gasteiger partial charge in [0, 0.05) is 22.8 Å². The molecule has 0 aromatic carbocycles. The Bertz CT molecular complexity index is 316. The lowest BCUT2D eigenvalue weighted by atomic mass is 10.1. The zero-order valence-electron chi connectivity index (χ0n) is 10.9. The molecule has 0 saturated carbocycles. The highest BCUT2D eigenvalue weighted by molar-refractivity contribution is 9.10. The van der Waals surface area contributed by atoms with Gasteiger partial charge < -0.3 is 10.6 Å². The number of nitrogens with one attached hydrogen (secondary N) is 2. The Balaban J connectivity index is 2.07. The molecule has 0 fully saturated rings. The van der Waals surface area contributed by atoms with Gasteiger partial charge in [0.25, 0.3) is 0 Å². The van der Waals surface area contributed by atoms with E-state index >= 15 is 0 Å². The molecule has 1 aromatic heterocycles. The van der Waals surface area contributed by atoms with Crippen LogP contribution in [0.25, 0.3) is 0 Å². The maximum absolute atomic E-state index is 4.31. The van der Waals surface area contributed by atoms with E-state index in [4.69, 9.17) is 0 Å². The van der Waals surface area contributed by atoms with Crippen LogP contribution in [-0.2, 0) is 6.54 Å². The topological polar surface area (TPSA) is 37.0 Å². The maximum atomic E-state index is 4.31. The summed E-state index contributed by atoms with van der Waals surface area (Å²) in [5.41, 5.74) is 1.30. The molecule has 0 bridgehead atoms. The molecular formula is C13H22BrN3. The van der Waals surface area contributed by atoms with E-state index in [1.807, 2.05) is 18.3 Å². The van der Waals surface area contributed by atoms with Crippen LogP contribution >= 0.6 is 15.9 Å². The summed E-state index contributed by atoms with van der Waals surface area (Å²) in [4.78, 5) is 4.31. The smallest absolute Gasteiger partial charge is 0.0542 e. The Kier molecular flexibility index (Phi) is 6.09. The molecule has 0 saturated heterocycles. The van der Waals surface area contributed by atoms with Gasteiger partial charge in [-0.05, 0) is 68.3 Å². The van der Waals surface area contributed by atoms with Crippen molar-refractivity contribution in [2.45, 2.75) is 39.3 Å². The number of nitrogens with zero attached hydrogens (tertiary/aromatic N) is 1. The van der Waals surface area contributed by atoms with Crippen molar-refractivity contribution in [1.29, 1.82) is 0 Å². The fourth-order valence-corrected chi connectivity index (χ4v) is 1.64. The highest BCUT2D eigenvalue weighted by Crippen LogP contribution is 2.06. The fourth-order valence-electron chi connectivity index (χ4n) is 1.40. The van der Waals surface area contributed by atoms with Crippen LogP contribution in [0.2, 0.25) is 0 Å². The Morgan fingerprint density at radius 2 is 2.00 bits per heavy atom. The van der Waals surface area contributed by atoms with Gasteiger partial charge in [0.2, 0.25) is 0 Å². The van der Waals surface area contributed by atoms with Crippen molar-refractivity contribution in [3.05, 3.63) is 28.5 Å². The largest absolute Gasteiger partial charge is 0.312 e. The third-order valence-electron chi connectivity index (χ3n) is 2.28. The van der Waals surface area contributed by atoms with Gasteiger partial charge in [-0.25, -0.2) is 0 Å². The molecule has 4 heteroatoms. The second-order valence-corrected chi connectivity index (χ2v) is 6.09. The molecule has 0 aliphatic carbocycles. The second-order valence-electron chi connectivity index (χ2n) is 5.17. The maximum Gasteiger partial charge on any atom is 0.0542 e. The van der Waals surface area contributed by atoms with E-state index in [0.29, 0.717) is 0 Å². The van der Waals surface area contributed by atoms with Crippen LogP contribution < -0.4 is 10.6 Å². The first-order chi connectivity index (χ1) is 7.97. The third-order valence-corrected chi connectivity index (χ3v) is 2.75. The number of aromatic nitrogens is 1. The highest BCUT2D eigenvalue weighted by atomic mass is 79.9. The summed E-state index contributed by atoms with van der Waals surface area (Å²) in [5, 5.41) is 6.86. The van der Waals surface area contributed by atoms with Gasteiger partial charge in [-0.1, -0.05) is 0 Å².